The summed E-state index contributed by atoms with van der Waals surface area (Å²) >= 11 is 5.43. The second kappa shape index (κ2) is 7.42. The summed E-state index contributed by atoms with van der Waals surface area (Å²) in [6, 6.07) is 0. The molecule has 2 N–H and O–H groups in total. The molecule has 4 rings (SSSR count). The summed E-state index contributed by atoms with van der Waals surface area (Å²) < 4.78 is 4.90. The van der Waals surface area contributed by atoms with E-state index in [1.807, 2.05) is 6.92 Å². The van der Waals surface area contributed by atoms with E-state index in [4.69, 9.17) is 16.3 Å². The molecule has 0 heterocycles. The minimum absolute atomic E-state index is 0.0233. The largest absolute Gasteiger partial charge is 0.457 e. The monoisotopic (exact) mass is 438 g/mol. The predicted octanol–water partition coefficient (Wildman–Crippen LogP) is 2.57. The first kappa shape index (κ1) is 22.0. The number of Topliss-reactive ketones (excluding diaryl/α,β-unsaturated/α-hetero) is 1. The zero-order chi connectivity index (χ0) is 21.9. The minimum Gasteiger partial charge on any atom is -0.457 e. The fourth-order valence-corrected chi connectivity index (χ4v) is 7.53. The van der Waals surface area contributed by atoms with Crippen molar-refractivity contribution in [3.8, 4) is 0 Å². The van der Waals surface area contributed by atoms with Crippen LogP contribution in [-0.2, 0) is 19.1 Å². The second-order valence-electron chi connectivity index (χ2n) is 10.2. The number of hydrogen-bond donors (Lipinski definition) is 2. The van der Waals surface area contributed by atoms with Crippen molar-refractivity contribution >= 4 is 29.1 Å². The van der Waals surface area contributed by atoms with Gasteiger partial charge in [0.25, 0.3) is 0 Å². The van der Waals surface area contributed by atoms with E-state index in [9.17, 15) is 24.6 Å². The Labute approximate surface area is 182 Å². The third-order valence-corrected chi connectivity index (χ3v) is 9.20. The van der Waals surface area contributed by atoms with Gasteiger partial charge in [0, 0.05) is 11.8 Å². The Morgan fingerprint density at radius 3 is 2.67 bits per heavy atom. The van der Waals surface area contributed by atoms with E-state index in [1.54, 1.807) is 6.08 Å². The van der Waals surface area contributed by atoms with Gasteiger partial charge in [-0.15, -0.1) is 11.6 Å². The molecule has 0 unspecified atom stereocenters. The molecule has 3 fully saturated rings. The fourth-order valence-electron chi connectivity index (χ4n) is 7.45. The number of fused-ring (bicyclic) bond motifs is 5. The molecule has 0 amide bonds. The Hall–Kier alpha value is -1.24. The summed E-state index contributed by atoms with van der Waals surface area (Å²) in [5.41, 5.74) is -1.46. The van der Waals surface area contributed by atoms with E-state index in [0.717, 1.165) is 24.8 Å². The van der Waals surface area contributed by atoms with Crippen LogP contribution in [0.1, 0.15) is 58.8 Å². The number of aliphatic hydroxyl groups is 2. The molecular formula is C23H31ClO6. The number of ketones is 2. The number of ether oxygens (including phenoxy) is 1. The van der Waals surface area contributed by atoms with Gasteiger partial charge in [-0.25, -0.2) is 0 Å². The second-order valence-corrected chi connectivity index (χ2v) is 10.5. The van der Waals surface area contributed by atoms with E-state index < -0.39 is 35.5 Å². The van der Waals surface area contributed by atoms with Gasteiger partial charge < -0.3 is 14.9 Å². The van der Waals surface area contributed by atoms with Gasteiger partial charge in [0.2, 0.25) is 5.78 Å². The van der Waals surface area contributed by atoms with Gasteiger partial charge in [0.1, 0.15) is 11.5 Å². The minimum atomic E-state index is -1.63. The Morgan fingerprint density at radius 1 is 1.23 bits per heavy atom. The van der Waals surface area contributed by atoms with Gasteiger partial charge in [-0.2, -0.15) is 0 Å². The molecule has 0 saturated heterocycles. The summed E-state index contributed by atoms with van der Waals surface area (Å²) in [6.45, 7) is 3.58. The number of esters is 1. The molecule has 6 nitrogen and oxygen atoms in total. The summed E-state index contributed by atoms with van der Waals surface area (Å²) in [6.07, 6.45) is 5.37. The number of rotatable bonds is 4. The van der Waals surface area contributed by atoms with Crippen molar-refractivity contribution in [2.24, 2.45) is 28.6 Å². The number of halogens is 1. The standard InChI is InChI=1S/C23H31ClO6/c1-21-7-5-14(25)9-13(21)3-4-15-16-6-8-23(29,18(27)12-30-19(28)11-24)22(16,2)10-17(26)20(15)21/h9,15-17,20,26,29H,3-8,10-12H2,1-2H3/t15-,16-,17-,20-,21+,22-,23+/m1/s1. The van der Waals surface area contributed by atoms with Crippen molar-refractivity contribution in [3.63, 3.8) is 0 Å². The Bertz CT molecular complexity index is 808. The van der Waals surface area contributed by atoms with E-state index in [2.05, 4.69) is 6.92 Å². The van der Waals surface area contributed by atoms with Crippen LogP contribution in [-0.4, -0.2) is 51.9 Å². The molecule has 4 aliphatic rings. The molecule has 0 aromatic rings. The van der Waals surface area contributed by atoms with Crippen molar-refractivity contribution in [1.82, 2.24) is 0 Å². The highest BCUT2D eigenvalue weighted by atomic mass is 35.5. The van der Waals surface area contributed by atoms with Crippen molar-refractivity contribution in [3.05, 3.63) is 11.6 Å². The first-order valence-corrected chi connectivity index (χ1v) is 11.5. The molecule has 3 saturated carbocycles. The molecule has 0 bridgehead atoms. The van der Waals surface area contributed by atoms with Crippen LogP contribution < -0.4 is 0 Å². The third kappa shape index (κ3) is 3.01. The third-order valence-electron chi connectivity index (χ3n) is 8.98. The number of carbonyl (C=O) groups is 3. The highest BCUT2D eigenvalue weighted by Gasteiger charge is 2.68. The maximum atomic E-state index is 12.9. The Morgan fingerprint density at radius 2 is 1.97 bits per heavy atom. The molecule has 0 aromatic heterocycles. The average Bonchev–Trinajstić information content (AvgIpc) is 2.97. The number of hydrogen-bond acceptors (Lipinski definition) is 6. The lowest BCUT2D eigenvalue weighted by atomic mass is 9.45. The van der Waals surface area contributed by atoms with Crippen LogP contribution in [0.4, 0.5) is 0 Å². The van der Waals surface area contributed by atoms with Gasteiger partial charge in [-0.05, 0) is 67.8 Å². The predicted molar refractivity (Wildman–Crippen MR) is 110 cm³/mol. The lowest BCUT2D eigenvalue weighted by Crippen LogP contribution is -2.62. The molecular weight excluding hydrogens is 408 g/mol. The zero-order valence-corrected chi connectivity index (χ0v) is 18.4. The molecule has 0 spiro atoms. The van der Waals surface area contributed by atoms with Crippen LogP contribution in [0.25, 0.3) is 0 Å². The fraction of sp³-hybridized carbons (Fsp3) is 0.783. The molecule has 0 aliphatic heterocycles. The normalized spacial score (nSPS) is 45.1. The Kier molecular flexibility index (Phi) is 5.43. The van der Waals surface area contributed by atoms with E-state index in [1.165, 1.54) is 0 Å². The van der Waals surface area contributed by atoms with Crippen LogP contribution in [0.5, 0.6) is 0 Å². The summed E-state index contributed by atoms with van der Waals surface area (Å²) in [5, 5.41) is 22.8. The maximum absolute atomic E-state index is 12.9. The summed E-state index contributed by atoms with van der Waals surface area (Å²) in [7, 11) is 0. The van der Waals surface area contributed by atoms with Crippen molar-refractivity contribution in [2.45, 2.75) is 70.5 Å². The zero-order valence-electron chi connectivity index (χ0n) is 17.7. The van der Waals surface area contributed by atoms with Crippen LogP contribution in [0.3, 0.4) is 0 Å². The van der Waals surface area contributed by atoms with Crippen LogP contribution in [0.2, 0.25) is 0 Å². The average molecular weight is 439 g/mol. The van der Waals surface area contributed by atoms with Crippen molar-refractivity contribution in [2.75, 3.05) is 12.5 Å². The number of alkyl halides is 1. The van der Waals surface area contributed by atoms with Gasteiger partial charge in [-0.3, -0.25) is 14.4 Å². The number of carbonyl (C=O) groups excluding carboxylic acids is 3. The first-order valence-electron chi connectivity index (χ1n) is 11.0. The van der Waals surface area contributed by atoms with Crippen molar-refractivity contribution < 1.29 is 29.3 Å². The van der Waals surface area contributed by atoms with Gasteiger partial charge in [0.05, 0.1) is 6.10 Å². The topological polar surface area (TPSA) is 101 Å². The molecule has 0 aromatic carbocycles. The number of aliphatic hydroxyl groups excluding tert-OH is 1. The van der Waals surface area contributed by atoms with E-state index in [0.29, 0.717) is 25.7 Å². The maximum Gasteiger partial charge on any atom is 0.321 e. The molecule has 30 heavy (non-hydrogen) atoms. The molecule has 7 heteroatoms. The van der Waals surface area contributed by atoms with Crippen LogP contribution in [0.15, 0.2) is 11.6 Å². The number of allylic oxidation sites excluding steroid dienone is 1. The van der Waals surface area contributed by atoms with Gasteiger partial charge >= 0.3 is 5.97 Å². The van der Waals surface area contributed by atoms with E-state index in [-0.39, 0.29) is 34.8 Å². The van der Waals surface area contributed by atoms with Gasteiger partial charge in [-0.1, -0.05) is 19.4 Å². The highest BCUT2D eigenvalue weighted by molar-refractivity contribution is 6.26. The first-order chi connectivity index (χ1) is 14.1. The molecule has 0 radical (unpaired) electrons. The molecule has 166 valence electrons. The summed E-state index contributed by atoms with van der Waals surface area (Å²) in [4.78, 5) is 36.3. The SMILES string of the molecule is C[C@]12CCC(=O)C=C1CC[C@H]1[C@@H]2[C@H](O)C[C@]2(C)[C@@H]1CC[C@]2(O)C(=O)COC(=O)CCl. The quantitative estimate of drug-likeness (QED) is 0.516. The summed E-state index contributed by atoms with van der Waals surface area (Å²) in [5.74, 6) is -1.07. The molecule has 4 aliphatic carbocycles. The lowest BCUT2D eigenvalue weighted by Gasteiger charge is -2.60. The molecule has 7 atom stereocenters. The lowest BCUT2D eigenvalue weighted by molar-refractivity contribution is -0.184. The highest BCUT2D eigenvalue weighted by Crippen LogP contribution is 2.67. The van der Waals surface area contributed by atoms with Crippen LogP contribution in [0, 0.1) is 28.6 Å². The van der Waals surface area contributed by atoms with Gasteiger partial charge in [0.15, 0.2) is 12.4 Å². The smallest absolute Gasteiger partial charge is 0.321 e. The van der Waals surface area contributed by atoms with Crippen LogP contribution >= 0.6 is 11.6 Å². The van der Waals surface area contributed by atoms with Crippen molar-refractivity contribution in [1.29, 1.82) is 0 Å². The van der Waals surface area contributed by atoms with E-state index >= 15 is 0 Å². The Balaban J connectivity index is 1.62.